The quantitative estimate of drug-likeness (QED) is 0.463. The number of rotatable bonds is 5. The normalized spacial score (nSPS) is 16.4. The van der Waals surface area contributed by atoms with Crippen LogP contribution in [0.4, 0.5) is 10.2 Å². The van der Waals surface area contributed by atoms with Crippen LogP contribution in [-0.4, -0.2) is 70.3 Å². The van der Waals surface area contributed by atoms with Crippen molar-refractivity contribution >= 4 is 22.8 Å². The number of aromatic nitrogens is 4. The molecule has 2 aliphatic heterocycles. The molecule has 3 aromatic rings. The molecule has 1 saturated heterocycles. The predicted molar refractivity (Wildman–Crippen MR) is 120 cm³/mol. The van der Waals surface area contributed by atoms with E-state index in [1.807, 2.05) is 0 Å². The van der Waals surface area contributed by atoms with Crippen LogP contribution in [0.1, 0.15) is 17.7 Å². The van der Waals surface area contributed by atoms with Crippen LogP contribution in [0.15, 0.2) is 24.5 Å². The average Bonchev–Trinajstić information content (AvgIpc) is 2.90. The largest absolute Gasteiger partial charge is 0.481 e. The summed E-state index contributed by atoms with van der Waals surface area (Å²) < 4.78 is 34.9. The van der Waals surface area contributed by atoms with Gasteiger partial charge in [0.1, 0.15) is 11.9 Å². The second-order valence-electron chi connectivity index (χ2n) is 7.60. The summed E-state index contributed by atoms with van der Waals surface area (Å²) in [5.41, 5.74) is 7.16. The molecule has 0 bridgehead atoms. The molecule has 186 valence electrons. The molecule has 35 heavy (non-hydrogen) atoms. The molecular weight excluding hydrogens is 463 g/mol. The second kappa shape index (κ2) is 11.3. The van der Waals surface area contributed by atoms with Gasteiger partial charge in [0.15, 0.2) is 18.7 Å². The molecule has 4 N–H and O–H groups in total. The minimum atomic E-state index is -0.978. The molecule has 13 heteroatoms. The first-order valence-electron chi connectivity index (χ1n) is 10.9. The maximum Gasteiger partial charge on any atom is 0.263 e. The minimum Gasteiger partial charge on any atom is -0.481 e. The van der Waals surface area contributed by atoms with Crippen molar-refractivity contribution in [3.8, 4) is 11.8 Å². The number of carbonyl (C=O) groups excluding carboxylic acids is 1. The summed E-state index contributed by atoms with van der Waals surface area (Å²) in [6.07, 6.45) is 1.73. The lowest BCUT2D eigenvalue weighted by Gasteiger charge is -2.27. The highest BCUT2D eigenvalue weighted by molar-refractivity contribution is 5.93. The van der Waals surface area contributed by atoms with Crippen LogP contribution in [0.2, 0.25) is 0 Å². The Morgan fingerprint density at radius 2 is 2.06 bits per heavy atom. The zero-order chi connectivity index (χ0) is 24.8. The number of fused-ring (bicyclic) bond motifs is 2. The lowest BCUT2D eigenvalue weighted by atomic mass is 10.1. The zero-order valence-corrected chi connectivity index (χ0v) is 18.9. The number of ether oxygens (including phenoxy) is 4. The number of hydrogen-bond donors (Lipinski definition) is 3. The molecule has 0 saturated carbocycles. The average molecular weight is 488 g/mol. The summed E-state index contributed by atoms with van der Waals surface area (Å²) in [5.74, 6) is 0.302. The Labute approximate surface area is 199 Å². The summed E-state index contributed by atoms with van der Waals surface area (Å²) in [5, 5.41) is 12.8. The summed E-state index contributed by atoms with van der Waals surface area (Å²) in [6, 6.07) is 3.35. The van der Waals surface area contributed by atoms with E-state index in [1.54, 1.807) is 12.1 Å². The van der Waals surface area contributed by atoms with Crippen molar-refractivity contribution in [1.82, 2.24) is 19.9 Å². The monoisotopic (exact) mass is 488 g/mol. The maximum atomic E-state index is 14.1. The Hall–Kier alpha value is -3.52. The van der Waals surface area contributed by atoms with Gasteiger partial charge in [0.2, 0.25) is 5.88 Å². The van der Waals surface area contributed by atoms with E-state index in [-0.39, 0.29) is 31.0 Å². The smallest absolute Gasteiger partial charge is 0.263 e. The third-order valence-electron chi connectivity index (χ3n) is 5.12. The highest BCUT2D eigenvalue weighted by Crippen LogP contribution is 2.24. The number of nitrogens with zero attached hydrogens (tertiary/aromatic N) is 4. The molecule has 5 rings (SSSR count). The van der Waals surface area contributed by atoms with E-state index in [4.69, 9.17) is 24.7 Å². The van der Waals surface area contributed by atoms with Gasteiger partial charge in [0.05, 0.1) is 49.4 Å². The molecule has 2 aliphatic rings. The number of carbonyl (C=O) groups is 1. The second-order valence-corrected chi connectivity index (χ2v) is 7.60. The fourth-order valence-electron chi connectivity index (χ4n) is 3.42. The Morgan fingerprint density at radius 1 is 1.26 bits per heavy atom. The van der Waals surface area contributed by atoms with Gasteiger partial charge in [-0.1, -0.05) is 0 Å². The zero-order valence-electron chi connectivity index (χ0n) is 18.9. The predicted octanol–water partition coefficient (Wildman–Crippen LogP) is 0.710. The Morgan fingerprint density at radius 3 is 2.80 bits per heavy atom. The van der Waals surface area contributed by atoms with Gasteiger partial charge in [-0.25, -0.2) is 19.3 Å². The van der Waals surface area contributed by atoms with Crippen molar-refractivity contribution in [2.45, 2.75) is 31.8 Å². The molecule has 0 radical (unpaired) electrons. The summed E-state index contributed by atoms with van der Waals surface area (Å²) >= 11 is 0. The van der Waals surface area contributed by atoms with Gasteiger partial charge in [-0.2, -0.15) is 0 Å². The number of nitrogens with two attached hydrogens (primary N) is 1. The van der Waals surface area contributed by atoms with Crippen molar-refractivity contribution in [1.29, 1.82) is 0 Å². The number of aliphatic hydroxyl groups is 1. The molecule has 0 aliphatic carbocycles. The minimum absolute atomic E-state index is 0.0103. The van der Waals surface area contributed by atoms with E-state index >= 15 is 0 Å². The number of halogens is 1. The van der Waals surface area contributed by atoms with Crippen LogP contribution < -0.4 is 20.5 Å². The lowest BCUT2D eigenvalue weighted by molar-refractivity contribution is -0.222. The first-order valence-corrected chi connectivity index (χ1v) is 10.9. The Bertz CT molecular complexity index is 1190. The van der Waals surface area contributed by atoms with Crippen molar-refractivity contribution in [2.75, 3.05) is 32.2 Å². The first-order chi connectivity index (χ1) is 17.0. The van der Waals surface area contributed by atoms with Gasteiger partial charge in [-0.3, -0.25) is 9.78 Å². The number of amides is 1. The maximum absolute atomic E-state index is 14.1. The highest BCUT2D eigenvalue weighted by Gasteiger charge is 2.26. The van der Waals surface area contributed by atoms with E-state index < -0.39 is 18.2 Å². The van der Waals surface area contributed by atoms with Gasteiger partial charge in [-0.15, -0.1) is 0 Å². The number of aliphatic hydroxyl groups excluding tert-OH is 1. The Balaban J connectivity index is 0.000000189. The number of pyridine rings is 2. The van der Waals surface area contributed by atoms with Crippen LogP contribution >= 0.6 is 0 Å². The fourth-order valence-corrected chi connectivity index (χ4v) is 3.42. The SMILES string of the molecule is COc1ccc2ncc(F)c(CC(O)C3OCCCO3)c2n1.NCc1cnc2c(n1)NC(=O)CO2. The van der Waals surface area contributed by atoms with Gasteiger partial charge in [0.25, 0.3) is 11.8 Å². The van der Waals surface area contributed by atoms with E-state index in [9.17, 15) is 14.3 Å². The molecule has 1 unspecified atom stereocenters. The van der Waals surface area contributed by atoms with Gasteiger partial charge in [0, 0.05) is 24.6 Å². The molecular formula is C22H25FN6O6. The summed E-state index contributed by atoms with van der Waals surface area (Å²) in [4.78, 5) is 27.1. The van der Waals surface area contributed by atoms with E-state index in [0.29, 0.717) is 47.5 Å². The highest BCUT2D eigenvalue weighted by atomic mass is 19.1. The molecule has 1 amide bonds. The van der Waals surface area contributed by atoms with Crippen molar-refractivity contribution in [2.24, 2.45) is 5.73 Å². The number of methoxy groups -OCH3 is 1. The first kappa shape index (κ1) is 24.6. The van der Waals surface area contributed by atoms with E-state index in [1.165, 1.54) is 13.3 Å². The van der Waals surface area contributed by atoms with Crippen molar-refractivity contribution < 1.29 is 33.2 Å². The Kier molecular flexibility index (Phi) is 7.92. The number of anilines is 1. The van der Waals surface area contributed by atoms with Crippen LogP contribution in [0.5, 0.6) is 11.8 Å². The van der Waals surface area contributed by atoms with Crippen molar-refractivity contribution in [3.05, 3.63) is 41.6 Å². The fraction of sp³-hybridized carbons (Fsp3) is 0.409. The molecule has 5 heterocycles. The molecule has 3 aromatic heterocycles. The lowest BCUT2D eigenvalue weighted by Crippen LogP contribution is -2.37. The van der Waals surface area contributed by atoms with E-state index in [2.05, 4.69) is 25.3 Å². The summed E-state index contributed by atoms with van der Waals surface area (Å²) in [6.45, 7) is 1.32. The van der Waals surface area contributed by atoms with Gasteiger partial charge >= 0.3 is 0 Å². The topological polar surface area (TPSA) is 164 Å². The molecule has 0 aromatic carbocycles. The number of hydrogen-bond acceptors (Lipinski definition) is 11. The third kappa shape index (κ3) is 5.95. The van der Waals surface area contributed by atoms with E-state index in [0.717, 1.165) is 12.6 Å². The molecule has 0 spiro atoms. The molecule has 12 nitrogen and oxygen atoms in total. The third-order valence-corrected chi connectivity index (χ3v) is 5.12. The van der Waals surface area contributed by atoms with Crippen LogP contribution in [-0.2, 0) is 27.2 Å². The van der Waals surface area contributed by atoms with Crippen LogP contribution in [0, 0.1) is 5.82 Å². The summed E-state index contributed by atoms with van der Waals surface area (Å²) in [7, 11) is 1.49. The standard InChI is InChI=1S/C15H17FN2O4.C7H8N4O2/c1-20-13-4-3-11-14(18-13)9(10(16)8-17-11)7-12(19)15-21-5-2-6-22-15;8-1-4-2-9-7-6(10-4)11-5(12)3-13-7/h3-4,8,12,15,19H,2,5-7H2,1H3;2H,1,3,8H2,(H,10,11,12). The molecule has 1 atom stereocenters. The molecule has 1 fully saturated rings. The van der Waals surface area contributed by atoms with Crippen LogP contribution in [0.3, 0.4) is 0 Å². The number of nitrogens with one attached hydrogen (secondary N) is 1. The van der Waals surface area contributed by atoms with Gasteiger partial charge in [-0.05, 0) is 12.5 Å². The van der Waals surface area contributed by atoms with Crippen molar-refractivity contribution in [3.63, 3.8) is 0 Å². The van der Waals surface area contributed by atoms with Crippen LogP contribution in [0.25, 0.3) is 11.0 Å². The van der Waals surface area contributed by atoms with Gasteiger partial charge < -0.3 is 35.1 Å².